The number of ether oxygens (including phenoxy) is 1. The normalized spacial score (nSPS) is 12.2. The highest BCUT2D eigenvalue weighted by molar-refractivity contribution is 6.32. The zero-order valence-electron chi connectivity index (χ0n) is 19.8. The lowest BCUT2D eigenvalue weighted by atomic mass is 9.95. The van der Waals surface area contributed by atoms with E-state index in [4.69, 9.17) is 27.2 Å². The van der Waals surface area contributed by atoms with Crippen molar-refractivity contribution < 1.29 is 9.53 Å². The SMILES string of the molecule is CCOc1c(C(C)n2nc(C)c3c(N)ncnc32)cc(Cl)c(C)c1-c1cnn(CC(=O)NC)c1. The molecule has 0 aliphatic heterocycles. The number of fused-ring (bicyclic) bond motifs is 1. The molecule has 3 aromatic heterocycles. The van der Waals surface area contributed by atoms with Crippen LogP contribution in [0.1, 0.15) is 36.7 Å². The first kappa shape index (κ1) is 23.5. The zero-order chi connectivity index (χ0) is 24.6. The van der Waals surface area contributed by atoms with Gasteiger partial charge >= 0.3 is 0 Å². The van der Waals surface area contributed by atoms with Crippen LogP contribution in [-0.2, 0) is 11.3 Å². The van der Waals surface area contributed by atoms with Gasteiger partial charge in [0.25, 0.3) is 0 Å². The van der Waals surface area contributed by atoms with Crippen molar-refractivity contribution in [1.29, 1.82) is 0 Å². The number of carbonyl (C=O) groups is 1. The Hall–Kier alpha value is -3.66. The number of aromatic nitrogens is 6. The monoisotopic (exact) mass is 482 g/mol. The highest BCUT2D eigenvalue weighted by atomic mass is 35.5. The third kappa shape index (κ3) is 4.05. The summed E-state index contributed by atoms with van der Waals surface area (Å²) in [4.78, 5) is 20.3. The van der Waals surface area contributed by atoms with Crippen LogP contribution in [0.5, 0.6) is 5.75 Å². The molecule has 0 fully saturated rings. The standard InChI is InChI=1S/C23H27ClN8O2/c1-6-34-21-16(14(4)32-23-20(13(3)30-32)22(25)27-11-28-23)7-17(24)12(2)19(21)15-8-29-31(9-15)10-18(33)26-5/h7-9,11,14H,6,10H2,1-5H3,(H,26,33)(H2,25,27,28). The van der Waals surface area contributed by atoms with Crippen LogP contribution in [0.3, 0.4) is 0 Å². The van der Waals surface area contributed by atoms with Gasteiger partial charge < -0.3 is 15.8 Å². The minimum absolute atomic E-state index is 0.114. The van der Waals surface area contributed by atoms with E-state index in [0.29, 0.717) is 28.8 Å². The van der Waals surface area contributed by atoms with Crippen molar-refractivity contribution in [2.45, 2.75) is 40.3 Å². The first-order valence-electron chi connectivity index (χ1n) is 10.9. The van der Waals surface area contributed by atoms with E-state index in [-0.39, 0.29) is 18.5 Å². The molecule has 0 bridgehead atoms. The van der Waals surface area contributed by atoms with Crippen LogP contribution in [0, 0.1) is 13.8 Å². The Balaban J connectivity index is 1.89. The number of nitrogens with zero attached hydrogens (tertiary/aromatic N) is 6. The van der Waals surface area contributed by atoms with Crippen LogP contribution in [0.4, 0.5) is 5.82 Å². The van der Waals surface area contributed by atoms with Gasteiger partial charge in [-0.3, -0.25) is 9.48 Å². The Bertz CT molecular complexity index is 1380. The second-order valence-electron chi connectivity index (χ2n) is 7.97. The molecule has 0 spiro atoms. The number of nitrogen functional groups attached to an aromatic ring is 1. The van der Waals surface area contributed by atoms with Gasteiger partial charge in [-0.25, -0.2) is 14.6 Å². The number of hydrogen-bond donors (Lipinski definition) is 2. The van der Waals surface area contributed by atoms with Gasteiger partial charge in [-0.05, 0) is 39.3 Å². The maximum absolute atomic E-state index is 11.8. The third-order valence-electron chi connectivity index (χ3n) is 5.81. The van der Waals surface area contributed by atoms with Gasteiger partial charge in [0.2, 0.25) is 5.91 Å². The molecule has 1 aromatic carbocycles. The lowest BCUT2D eigenvalue weighted by Gasteiger charge is -2.22. The number of aryl methyl sites for hydroxylation is 1. The Labute approximate surface area is 202 Å². The Morgan fingerprint density at radius 3 is 2.79 bits per heavy atom. The summed E-state index contributed by atoms with van der Waals surface area (Å²) in [6.45, 7) is 8.32. The maximum Gasteiger partial charge on any atom is 0.241 e. The number of halogens is 1. The highest BCUT2D eigenvalue weighted by Gasteiger charge is 2.25. The van der Waals surface area contributed by atoms with E-state index in [0.717, 1.165) is 33.3 Å². The molecule has 0 saturated heterocycles. The summed E-state index contributed by atoms with van der Waals surface area (Å²) in [5.74, 6) is 0.927. The molecular weight excluding hydrogens is 456 g/mol. The van der Waals surface area contributed by atoms with Gasteiger partial charge in [-0.1, -0.05) is 11.6 Å². The molecule has 10 nitrogen and oxygen atoms in total. The number of carbonyl (C=O) groups excluding carboxylic acids is 1. The number of likely N-dealkylation sites (N-methyl/N-ethyl adjacent to an activating group) is 1. The van der Waals surface area contributed by atoms with E-state index < -0.39 is 0 Å². The number of amides is 1. The summed E-state index contributed by atoms with van der Waals surface area (Å²) in [7, 11) is 1.59. The van der Waals surface area contributed by atoms with Crippen LogP contribution in [0.2, 0.25) is 5.02 Å². The molecule has 11 heteroatoms. The van der Waals surface area contributed by atoms with E-state index in [1.54, 1.807) is 17.9 Å². The Morgan fingerprint density at radius 1 is 1.32 bits per heavy atom. The summed E-state index contributed by atoms with van der Waals surface area (Å²) in [6, 6.07) is 1.63. The zero-order valence-corrected chi connectivity index (χ0v) is 20.5. The predicted molar refractivity (Wildman–Crippen MR) is 131 cm³/mol. The molecule has 1 unspecified atom stereocenters. The van der Waals surface area contributed by atoms with Crippen molar-refractivity contribution in [2.24, 2.45) is 0 Å². The first-order valence-corrected chi connectivity index (χ1v) is 11.3. The summed E-state index contributed by atoms with van der Waals surface area (Å²) in [5.41, 5.74) is 10.8. The minimum atomic E-state index is -0.273. The predicted octanol–water partition coefficient (Wildman–Crippen LogP) is 3.30. The van der Waals surface area contributed by atoms with Gasteiger partial charge in [0, 0.05) is 35.0 Å². The van der Waals surface area contributed by atoms with Crippen molar-refractivity contribution in [3.8, 4) is 16.9 Å². The molecule has 3 N–H and O–H groups in total. The van der Waals surface area contributed by atoms with Crippen molar-refractivity contribution in [3.05, 3.63) is 46.6 Å². The first-order chi connectivity index (χ1) is 16.3. The summed E-state index contributed by atoms with van der Waals surface area (Å²) in [6.07, 6.45) is 4.95. The highest BCUT2D eigenvalue weighted by Crippen LogP contribution is 2.43. The average Bonchev–Trinajstić information content (AvgIpc) is 3.40. The molecule has 0 aliphatic rings. The van der Waals surface area contributed by atoms with Crippen molar-refractivity contribution >= 4 is 34.4 Å². The van der Waals surface area contributed by atoms with Gasteiger partial charge in [-0.2, -0.15) is 10.2 Å². The number of rotatable bonds is 7. The molecule has 178 valence electrons. The van der Waals surface area contributed by atoms with Crippen LogP contribution < -0.4 is 15.8 Å². The number of benzene rings is 1. The van der Waals surface area contributed by atoms with E-state index in [1.807, 2.05) is 44.6 Å². The van der Waals surface area contributed by atoms with Gasteiger partial charge in [0.05, 0.1) is 29.9 Å². The third-order valence-corrected chi connectivity index (χ3v) is 6.20. The van der Waals surface area contributed by atoms with Gasteiger partial charge in [0.1, 0.15) is 24.4 Å². The summed E-state index contributed by atoms with van der Waals surface area (Å²) < 4.78 is 9.57. The van der Waals surface area contributed by atoms with Crippen molar-refractivity contribution in [3.63, 3.8) is 0 Å². The molecule has 1 amide bonds. The van der Waals surface area contributed by atoms with Crippen molar-refractivity contribution in [1.82, 2.24) is 34.8 Å². The molecule has 4 aromatic rings. The fourth-order valence-electron chi connectivity index (χ4n) is 4.08. The lowest BCUT2D eigenvalue weighted by Crippen LogP contribution is -2.23. The van der Waals surface area contributed by atoms with Crippen molar-refractivity contribution in [2.75, 3.05) is 19.4 Å². The Kier molecular flexibility index (Phi) is 6.43. The Morgan fingerprint density at radius 2 is 2.09 bits per heavy atom. The van der Waals surface area contributed by atoms with E-state index in [1.165, 1.54) is 6.33 Å². The summed E-state index contributed by atoms with van der Waals surface area (Å²) in [5, 5.41) is 13.0. The second-order valence-corrected chi connectivity index (χ2v) is 8.38. The molecule has 0 radical (unpaired) electrons. The number of anilines is 1. The molecule has 34 heavy (non-hydrogen) atoms. The second kappa shape index (κ2) is 9.30. The number of nitrogens with one attached hydrogen (secondary N) is 1. The van der Waals surface area contributed by atoms with Crippen LogP contribution in [0.15, 0.2) is 24.8 Å². The van der Waals surface area contributed by atoms with Gasteiger partial charge in [-0.15, -0.1) is 0 Å². The van der Waals surface area contributed by atoms with Crippen LogP contribution in [0.25, 0.3) is 22.2 Å². The van der Waals surface area contributed by atoms with E-state index in [2.05, 4.69) is 20.4 Å². The van der Waals surface area contributed by atoms with E-state index >= 15 is 0 Å². The minimum Gasteiger partial charge on any atom is -0.493 e. The lowest BCUT2D eigenvalue weighted by molar-refractivity contribution is -0.121. The molecule has 1 atom stereocenters. The smallest absolute Gasteiger partial charge is 0.241 e. The quantitative estimate of drug-likeness (QED) is 0.414. The van der Waals surface area contributed by atoms with E-state index in [9.17, 15) is 4.79 Å². The molecule has 0 aliphatic carbocycles. The van der Waals surface area contributed by atoms with Gasteiger partial charge in [0.15, 0.2) is 5.65 Å². The molecule has 4 rings (SSSR count). The summed E-state index contributed by atoms with van der Waals surface area (Å²) >= 11 is 6.71. The van der Waals surface area contributed by atoms with Crippen LogP contribution in [-0.4, -0.2) is 49.1 Å². The topological polar surface area (TPSA) is 126 Å². The van der Waals surface area contributed by atoms with Crippen LogP contribution >= 0.6 is 11.6 Å². The average molecular weight is 483 g/mol. The fraction of sp³-hybridized carbons (Fsp3) is 0.348. The fourth-order valence-corrected chi connectivity index (χ4v) is 4.29. The molecule has 0 saturated carbocycles. The maximum atomic E-state index is 11.8. The molecular formula is C23H27ClN8O2. The largest absolute Gasteiger partial charge is 0.493 e. The number of hydrogen-bond acceptors (Lipinski definition) is 7. The molecule has 3 heterocycles. The number of nitrogens with two attached hydrogens (primary N) is 1.